The lowest BCUT2D eigenvalue weighted by Gasteiger charge is -2.25. The van der Waals surface area contributed by atoms with E-state index >= 15 is 0 Å². The fourth-order valence-electron chi connectivity index (χ4n) is 4.17. The van der Waals surface area contributed by atoms with Crippen molar-refractivity contribution in [3.8, 4) is 11.3 Å². The van der Waals surface area contributed by atoms with Crippen LogP contribution >= 0.6 is 11.5 Å². The summed E-state index contributed by atoms with van der Waals surface area (Å²) in [4.78, 5) is 27.7. The van der Waals surface area contributed by atoms with Gasteiger partial charge in [0.15, 0.2) is 0 Å². The van der Waals surface area contributed by atoms with Crippen molar-refractivity contribution in [3.05, 3.63) is 99.9 Å². The molecule has 2 N–H and O–H groups in total. The summed E-state index contributed by atoms with van der Waals surface area (Å²) in [6.45, 7) is 2.26. The third kappa shape index (κ3) is 5.45. The molecule has 0 spiro atoms. The minimum Gasteiger partial charge on any atom is -0.348 e. The molecule has 0 fully saturated rings. The van der Waals surface area contributed by atoms with Crippen LogP contribution in [0.1, 0.15) is 37.4 Å². The Kier molecular flexibility index (Phi) is 6.65. The number of hydrogen-bond donors (Lipinski definition) is 2. The molecule has 1 aromatic heterocycles. The van der Waals surface area contributed by atoms with Crippen molar-refractivity contribution in [2.24, 2.45) is 0 Å². The van der Waals surface area contributed by atoms with Gasteiger partial charge in [-0.2, -0.15) is 0 Å². The van der Waals surface area contributed by atoms with E-state index in [0.717, 1.165) is 42.0 Å². The normalized spacial score (nSPS) is 13.2. The number of carbonyl (C=O) groups is 2. The number of rotatable bonds is 6. The van der Waals surface area contributed by atoms with Crippen molar-refractivity contribution in [2.45, 2.75) is 19.5 Å². The van der Waals surface area contributed by atoms with Crippen molar-refractivity contribution in [1.82, 2.24) is 19.8 Å². The van der Waals surface area contributed by atoms with E-state index in [-0.39, 0.29) is 11.8 Å². The largest absolute Gasteiger partial charge is 0.348 e. The highest BCUT2D eigenvalue weighted by Crippen LogP contribution is 2.22. The first-order chi connectivity index (χ1) is 17.0. The maximum Gasteiger partial charge on any atom is 0.255 e. The van der Waals surface area contributed by atoms with Gasteiger partial charge in [-0.3, -0.25) is 9.59 Å². The molecule has 3 aromatic carbocycles. The predicted octanol–water partition coefficient (Wildman–Crippen LogP) is 4.38. The molecule has 4 aromatic rings. The SMILES string of the molecule is CN1CCc2ccc(NC(=O)c3cccc(CNC(=O)c4ccc(-c5csnn5)cc4)c3)cc2C1. The molecule has 0 radical (unpaired) electrons. The van der Waals surface area contributed by atoms with Gasteiger partial charge in [-0.25, -0.2) is 0 Å². The fourth-order valence-corrected chi connectivity index (χ4v) is 4.63. The summed E-state index contributed by atoms with van der Waals surface area (Å²) in [6, 6.07) is 20.7. The van der Waals surface area contributed by atoms with Crippen LogP contribution < -0.4 is 10.6 Å². The number of likely N-dealkylation sites (N-methyl/N-ethyl adjacent to an activating group) is 1. The monoisotopic (exact) mass is 483 g/mol. The number of amides is 2. The van der Waals surface area contributed by atoms with Gasteiger partial charge in [-0.05, 0) is 78.1 Å². The Morgan fingerprint density at radius 2 is 1.83 bits per heavy atom. The highest BCUT2D eigenvalue weighted by atomic mass is 32.1. The molecule has 0 bridgehead atoms. The molecule has 7 nitrogen and oxygen atoms in total. The topological polar surface area (TPSA) is 87.2 Å². The minimum atomic E-state index is -0.179. The summed E-state index contributed by atoms with van der Waals surface area (Å²) in [5.74, 6) is -0.351. The van der Waals surface area contributed by atoms with Gasteiger partial charge in [0, 0.05) is 47.4 Å². The van der Waals surface area contributed by atoms with Gasteiger partial charge in [0.2, 0.25) is 0 Å². The minimum absolute atomic E-state index is 0.172. The van der Waals surface area contributed by atoms with Gasteiger partial charge in [0.1, 0.15) is 5.69 Å². The summed E-state index contributed by atoms with van der Waals surface area (Å²) in [6.07, 6.45) is 1.03. The van der Waals surface area contributed by atoms with E-state index in [1.807, 2.05) is 35.7 Å². The Balaban J connectivity index is 1.20. The van der Waals surface area contributed by atoms with E-state index in [4.69, 9.17) is 0 Å². The number of anilines is 1. The first-order valence-corrected chi connectivity index (χ1v) is 12.3. The molecule has 5 rings (SSSR count). The third-order valence-corrected chi connectivity index (χ3v) is 6.62. The first kappa shape index (κ1) is 22.9. The predicted molar refractivity (Wildman–Crippen MR) is 137 cm³/mol. The molecule has 1 aliphatic rings. The van der Waals surface area contributed by atoms with Crippen LogP contribution in [0.25, 0.3) is 11.3 Å². The van der Waals surface area contributed by atoms with E-state index in [0.29, 0.717) is 17.7 Å². The van der Waals surface area contributed by atoms with E-state index < -0.39 is 0 Å². The first-order valence-electron chi connectivity index (χ1n) is 11.4. The van der Waals surface area contributed by atoms with Gasteiger partial charge in [0.25, 0.3) is 11.8 Å². The molecule has 0 aliphatic carbocycles. The molecule has 0 saturated carbocycles. The van der Waals surface area contributed by atoms with Crippen molar-refractivity contribution in [1.29, 1.82) is 0 Å². The van der Waals surface area contributed by atoms with Crippen LogP contribution in [-0.4, -0.2) is 39.9 Å². The summed E-state index contributed by atoms with van der Waals surface area (Å²) < 4.78 is 3.86. The number of hydrogen-bond acceptors (Lipinski definition) is 6. The molecule has 2 heterocycles. The third-order valence-electron chi connectivity index (χ3n) is 6.11. The van der Waals surface area contributed by atoms with Gasteiger partial charge in [-0.1, -0.05) is 34.8 Å². The molecule has 0 unspecified atom stereocenters. The maximum absolute atomic E-state index is 12.9. The fraction of sp³-hybridized carbons (Fsp3) is 0.185. The van der Waals surface area contributed by atoms with Crippen molar-refractivity contribution >= 4 is 29.0 Å². The lowest BCUT2D eigenvalue weighted by molar-refractivity contribution is 0.0950. The standard InChI is InChI=1S/C27H25N5O2S/c1-32-12-11-19-9-10-24(14-23(19)16-32)29-27(34)22-4-2-3-18(13-22)15-28-26(33)21-7-5-20(6-8-21)25-17-35-31-30-25/h2-10,13-14,17H,11-12,15-16H2,1H3,(H,28,33)(H,29,34). The Morgan fingerprint density at radius 3 is 2.63 bits per heavy atom. The Bertz CT molecular complexity index is 1350. The molecule has 1 aliphatic heterocycles. The average molecular weight is 484 g/mol. The Morgan fingerprint density at radius 1 is 0.971 bits per heavy atom. The van der Waals surface area contributed by atoms with Crippen LogP contribution in [0, 0.1) is 0 Å². The molecule has 176 valence electrons. The van der Waals surface area contributed by atoms with Crippen molar-refractivity contribution < 1.29 is 9.59 Å². The van der Waals surface area contributed by atoms with Gasteiger partial charge < -0.3 is 15.5 Å². The van der Waals surface area contributed by atoms with Crippen LogP contribution in [0.3, 0.4) is 0 Å². The molecule has 0 saturated heterocycles. The van der Waals surface area contributed by atoms with Gasteiger partial charge in [0.05, 0.1) is 0 Å². The van der Waals surface area contributed by atoms with E-state index in [1.165, 1.54) is 22.7 Å². The molecule has 2 amide bonds. The van der Waals surface area contributed by atoms with Crippen LogP contribution in [0.15, 0.2) is 72.1 Å². The molecule has 0 atom stereocenters. The lowest BCUT2D eigenvalue weighted by atomic mass is 9.99. The van der Waals surface area contributed by atoms with Crippen LogP contribution in [0.5, 0.6) is 0 Å². The van der Waals surface area contributed by atoms with E-state index in [1.54, 1.807) is 24.3 Å². The number of nitrogens with one attached hydrogen (secondary N) is 2. The number of nitrogens with zero attached hydrogens (tertiary/aromatic N) is 3. The zero-order valence-corrected chi connectivity index (χ0v) is 20.1. The second-order valence-corrected chi connectivity index (χ2v) is 9.29. The van der Waals surface area contributed by atoms with Crippen LogP contribution in [0.4, 0.5) is 5.69 Å². The summed E-state index contributed by atoms with van der Waals surface area (Å²) in [7, 11) is 2.10. The summed E-state index contributed by atoms with van der Waals surface area (Å²) in [5, 5.41) is 11.8. The van der Waals surface area contributed by atoms with E-state index in [9.17, 15) is 9.59 Å². The maximum atomic E-state index is 12.9. The van der Waals surface area contributed by atoms with Crippen molar-refractivity contribution in [3.63, 3.8) is 0 Å². The lowest BCUT2D eigenvalue weighted by Crippen LogP contribution is -2.26. The average Bonchev–Trinajstić information content (AvgIpc) is 3.42. The van der Waals surface area contributed by atoms with Crippen LogP contribution in [-0.2, 0) is 19.5 Å². The number of aromatic nitrogens is 2. The smallest absolute Gasteiger partial charge is 0.255 e. The Labute approximate surface area is 208 Å². The summed E-state index contributed by atoms with van der Waals surface area (Å²) >= 11 is 1.29. The highest BCUT2D eigenvalue weighted by molar-refractivity contribution is 7.03. The van der Waals surface area contributed by atoms with Crippen molar-refractivity contribution in [2.75, 3.05) is 18.9 Å². The van der Waals surface area contributed by atoms with E-state index in [2.05, 4.69) is 44.3 Å². The highest BCUT2D eigenvalue weighted by Gasteiger charge is 2.15. The van der Waals surface area contributed by atoms with Gasteiger partial charge in [-0.15, -0.1) is 5.10 Å². The molecule has 8 heteroatoms. The Hall–Kier alpha value is -3.88. The molecular formula is C27H25N5O2S. The number of fused-ring (bicyclic) bond motifs is 1. The summed E-state index contributed by atoms with van der Waals surface area (Å²) in [5.41, 5.74) is 7.05. The second kappa shape index (κ2) is 10.2. The molecular weight excluding hydrogens is 458 g/mol. The second-order valence-electron chi connectivity index (χ2n) is 8.68. The zero-order valence-electron chi connectivity index (χ0n) is 19.3. The number of carbonyl (C=O) groups excluding carboxylic acids is 2. The zero-order chi connectivity index (χ0) is 24.2. The number of benzene rings is 3. The quantitative estimate of drug-likeness (QED) is 0.425. The van der Waals surface area contributed by atoms with Crippen LogP contribution in [0.2, 0.25) is 0 Å². The molecule has 35 heavy (non-hydrogen) atoms. The van der Waals surface area contributed by atoms with Gasteiger partial charge >= 0.3 is 0 Å².